The minimum atomic E-state index is -0.857. The van der Waals surface area contributed by atoms with Crippen LogP contribution in [0.2, 0.25) is 0 Å². The Morgan fingerprint density at radius 2 is 2.21 bits per heavy atom. The van der Waals surface area contributed by atoms with Gasteiger partial charge in [-0.25, -0.2) is 9.48 Å². The van der Waals surface area contributed by atoms with Gasteiger partial charge in [-0.05, 0) is 47.9 Å². The van der Waals surface area contributed by atoms with Crippen LogP contribution in [0.4, 0.5) is 10.5 Å². The first kappa shape index (κ1) is 15.9. The zero-order chi connectivity index (χ0) is 17.1. The lowest BCUT2D eigenvalue weighted by Crippen LogP contribution is -2.44. The summed E-state index contributed by atoms with van der Waals surface area (Å²) in [6.07, 6.45) is 2.76. The van der Waals surface area contributed by atoms with Crippen LogP contribution >= 0.6 is 0 Å². The van der Waals surface area contributed by atoms with Gasteiger partial charge in [-0.3, -0.25) is 4.79 Å². The average molecular weight is 330 g/mol. The van der Waals surface area contributed by atoms with E-state index in [1.54, 1.807) is 11.0 Å². The third-order valence-electron chi connectivity index (χ3n) is 4.13. The Morgan fingerprint density at radius 1 is 1.38 bits per heavy atom. The normalized spacial score (nSPS) is 17.5. The molecule has 1 atom stereocenters. The zero-order valence-corrected chi connectivity index (χ0v) is 13.2. The van der Waals surface area contributed by atoms with Crippen LogP contribution in [0, 0.1) is 12.8 Å². The van der Waals surface area contributed by atoms with E-state index in [1.807, 2.05) is 19.1 Å². The number of likely N-dealkylation sites (tertiary alicyclic amines) is 1. The number of benzene rings is 1. The van der Waals surface area contributed by atoms with Crippen molar-refractivity contribution >= 4 is 17.7 Å². The monoisotopic (exact) mass is 330 g/mol. The van der Waals surface area contributed by atoms with E-state index in [0.29, 0.717) is 25.1 Å². The molecule has 1 fully saturated rings. The molecule has 2 heterocycles. The third-order valence-corrected chi connectivity index (χ3v) is 4.13. The molecule has 1 aromatic heterocycles. The molecule has 1 aromatic carbocycles. The highest BCUT2D eigenvalue weighted by Gasteiger charge is 2.28. The van der Waals surface area contributed by atoms with Gasteiger partial charge in [0.2, 0.25) is 0 Å². The van der Waals surface area contributed by atoms with E-state index in [2.05, 4.69) is 20.8 Å². The van der Waals surface area contributed by atoms with Crippen molar-refractivity contribution in [2.24, 2.45) is 5.92 Å². The number of nitrogens with one attached hydrogen (secondary N) is 1. The number of carbonyl (C=O) groups is 2. The molecule has 1 aliphatic rings. The summed E-state index contributed by atoms with van der Waals surface area (Å²) >= 11 is 0. The molecule has 1 saturated heterocycles. The van der Waals surface area contributed by atoms with E-state index < -0.39 is 11.9 Å². The van der Waals surface area contributed by atoms with Crippen molar-refractivity contribution in [2.45, 2.75) is 19.8 Å². The van der Waals surface area contributed by atoms with E-state index in [1.165, 1.54) is 11.0 Å². The fraction of sp³-hybridized carbons (Fsp3) is 0.400. The highest BCUT2D eigenvalue weighted by Crippen LogP contribution is 2.21. The molecule has 0 spiro atoms. The number of carboxylic acids is 1. The Hall–Kier alpha value is -2.97. The minimum Gasteiger partial charge on any atom is -0.481 e. The number of hydrogen-bond acceptors (Lipinski definition) is 5. The zero-order valence-electron chi connectivity index (χ0n) is 13.2. The number of aliphatic carboxylic acids is 1. The molecule has 0 saturated carbocycles. The molecule has 0 aliphatic carbocycles. The second kappa shape index (κ2) is 6.65. The maximum absolute atomic E-state index is 12.5. The smallest absolute Gasteiger partial charge is 0.321 e. The number of aryl methyl sites for hydroxylation is 1. The first-order chi connectivity index (χ1) is 11.5. The number of rotatable bonds is 3. The van der Waals surface area contributed by atoms with Crippen molar-refractivity contribution < 1.29 is 14.7 Å². The van der Waals surface area contributed by atoms with Gasteiger partial charge in [-0.1, -0.05) is 6.07 Å². The first-order valence-electron chi connectivity index (χ1n) is 7.67. The van der Waals surface area contributed by atoms with Crippen molar-refractivity contribution in [1.29, 1.82) is 0 Å². The van der Waals surface area contributed by atoms with Crippen molar-refractivity contribution in [3.63, 3.8) is 0 Å². The molecule has 24 heavy (non-hydrogen) atoms. The highest BCUT2D eigenvalue weighted by atomic mass is 16.4. The number of tetrazole rings is 1. The predicted octanol–water partition coefficient (Wildman–Crippen LogP) is 1.30. The van der Waals surface area contributed by atoms with Gasteiger partial charge in [0, 0.05) is 18.8 Å². The maximum Gasteiger partial charge on any atom is 0.321 e. The largest absolute Gasteiger partial charge is 0.481 e. The lowest BCUT2D eigenvalue weighted by atomic mass is 9.99. The van der Waals surface area contributed by atoms with Gasteiger partial charge >= 0.3 is 12.0 Å². The number of hydrogen-bond donors (Lipinski definition) is 2. The fourth-order valence-corrected chi connectivity index (χ4v) is 2.72. The summed E-state index contributed by atoms with van der Waals surface area (Å²) in [6, 6.07) is 5.20. The second-order valence-corrected chi connectivity index (χ2v) is 5.81. The van der Waals surface area contributed by atoms with Gasteiger partial charge in [-0.15, -0.1) is 5.10 Å². The number of amides is 2. The standard InChI is InChI=1S/C15H18N6O3/c1-10-4-5-12(21-9-16-18-19-21)7-13(10)17-15(24)20-6-2-3-11(8-20)14(22)23/h4-5,7,9,11H,2-3,6,8H2,1H3,(H,17,24)(H,22,23). The minimum absolute atomic E-state index is 0.229. The van der Waals surface area contributed by atoms with E-state index in [4.69, 9.17) is 5.11 Å². The average Bonchev–Trinajstić information content (AvgIpc) is 3.11. The number of aromatic nitrogens is 4. The first-order valence-corrected chi connectivity index (χ1v) is 7.67. The third kappa shape index (κ3) is 3.34. The molecule has 1 aliphatic heterocycles. The maximum atomic E-state index is 12.5. The van der Waals surface area contributed by atoms with Crippen molar-refractivity contribution in [2.75, 3.05) is 18.4 Å². The highest BCUT2D eigenvalue weighted by molar-refractivity contribution is 5.91. The fourth-order valence-electron chi connectivity index (χ4n) is 2.72. The predicted molar refractivity (Wildman–Crippen MR) is 84.8 cm³/mol. The van der Waals surface area contributed by atoms with E-state index in [0.717, 1.165) is 11.3 Å². The summed E-state index contributed by atoms with van der Waals surface area (Å²) in [5.41, 5.74) is 2.26. The van der Waals surface area contributed by atoms with Crippen LogP contribution < -0.4 is 5.32 Å². The van der Waals surface area contributed by atoms with E-state index >= 15 is 0 Å². The van der Waals surface area contributed by atoms with Gasteiger partial charge in [0.25, 0.3) is 0 Å². The molecule has 9 heteroatoms. The van der Waals surface area contributed by atoms with Crippen LogP contribution in [0.3, 0.4) is 0 Å². The Bertz CT molecular complexity index is 746. The van der Waals surface area contributed by atoms with Crippen LogP contribution in [0.25, 0.3) is 5.69 Å². The van der Waals surface area contributed by atoms with Gasteiger partial charge in [0.1, 0.15) is 6.33 Å². The quantitative estimate of drug-likeness (QED) is 0.877. The van der Waals surface area contributed by atoms with Crippen LogP contribution in [0.5, 0.6) is 0 Å². The van der Waals surface area contributed by atoms with Crippen LogP contribution in [-0.4, -0.2) is 55.3 Å². The van der Waals surface area contributed by atoms with Gasteiger partial charge in [0.05, 0.1) is 11.6 Å². The second-order valence-electron chi connectivity index (χ2n) is 5.81. The molecule has 9 nitrogen and oxygen atoms in total. The molecule has 2 amide bonds. The number of urea groups is 1. The molecule has 2 N–H and O–H groups in total. The molecule has 0 bridgehead atoms. The lowest BCUT2D eigenvalue weighted by molar-refractivity contribution is -0.143. The Kier molecular flexibility index (Phi) is 4.41. The molecular formula is C15H18N6O3. The molecule has 126 valence electrons. The summed E-state index contributed by atoms with van der Waals surface area (Å²) in [7, 11) is 0. The number of carboxylic acid groups (broad SMARTS) is 1. The molecule has 2 aromatic rings. The van der Waals surface area contributed by atoms with E-state index in [-0.39, 0.29) is 12.6 Å². The van der Waals surface area contributed by atoms with Crippen LogP contribution in [-0.2, 0) is 4.79 Å². The van der Waals surface area contributed by atoms with Gasteiger partial charge < -0.3 is 15.3 Å². The summed E-state index contributed by atoms with van der Waals surface area (Å²) in [4.78, 5) is 25.1. The number of anilines is 1. The van der Waals surface area contributed by atoms with Crippen LogP contribution in [0.15, 0.2) is 24.5 Å². The number of nitrogens with zero attached hydrogens (tertiary/aromatic N) is 5. The van der Waals surface area contributed by atoms with Gasteiger partial charge in [0.15, 0.2) is 0 Å². The Balaban J connectivity index is 1.74. The molecule has 1 unspecified atom stereocenters. The van der Waals surface area contributed by atoms with Gasteiger partial charge in [-0.2, -0.15) is 0 Å². The molecule has 3 rings (SSSR count). The molecular weight excluding hydrogens is 312 g/mol. The summed E-state index contributed by atoms with van der Waals surface area (Å²) < 4.78 is 1.50. The SMILES string of the molecule is Cc1ccc(-n2cnnn2)cc1NC(=O)N1CCCC(C(=O)O)C1. The summed E-state index contributed by atoms with van der Waals surface area (Å²) in [5.74, 6) is -1.36. The molecule has 0 radical (unpaired) electrons. The van der Waals surface area contributed by atoms with Crippen molar-refractivity contribution in [3.05, 3.63) is 30.1 Å². The Labute approximate surface area is 138 Å². The Morgan fingerprint density at radius 3 is 2.92 bits per heavy atom. The number of piperidine rings is 1. The summed E-state index contributed by atoms with van der Waals surface area (Å²) in [6.45, 7) is 2.67. The van der Waals surface area contributed by atoms with Crippen molar-refractivity contribution in [3.8, 4) is 5.69 Å². The van der Waals surface area contributed by atoms with Crippen LogP contribution in [0.1, 0.15) is 18.4 Å². The topological polar surface area (TPSA) is 113 Å². The number of carbonyl (C=O) groups excluding carboxylic acids is 1. The summed E-state index contributed by atoms with van der Waals surface area (Å²) in [5, 5.41) is 23.0. The lowest BCUT2D eigenvalue weighted by Gasteiger charge is -2.30. The van der Waals surface area contributed by atoms with E-state index in [9.17, 15) is 9.59 Å². The van der Waals surface area contributed by atoms with Crippen molar-refractivity contribution in [1.82, 2.24) is 25.1 Å².